The monoisotopic (exact) mass is 274 g/mol. The molecule has 0 aliphatic rings. The van der Waals surface area contributed by atoms with Crippen LogP contribution in [0.5, 0.6) is 0 Å². The molecule has 0 aliphatic carbocycles. The Hall–Kier alpha value is -1.70. The fourth-order valence-electron chi connectivity index (χ4n) is 1.48. The molecule has 1 aromatic heterocycles. The zero-order valence-corrected chi connectivity index (χ0v) is 11.7. The molecular formula is C15H15FN2S. The number of aromatic nitrogens is 1. The van der Waals surface area contributed by atoms with E-state index in [2.05, 4.69) is 16.2 Å². The van der Waals surface area contributed by atoms with E-state index < -0.39 is 0 Å². The number of rotatable bonds is 4. The van der Waals surface area contributed by atoms with Crippen molar-refractivity contribution in [2.24, 2.45) is 0 Å². The second kappa shape index (κ2) is 5.52. The first-order chi connectivity index (χ1) is 9.00. The highest BCUT2D eigenvalue weighted by molar-refractivity contribution is 7.13. The van der Waals surface area contributed by atoms with Gasteiger partial charge in [0.05, 0.1) is 11.2 Å². The average molecular weight is 274 g/mol. The molecule has 19 heavy (non-hydrogen) atoms. The maximum absolute atomic E-state index is 12.9. The standard InChI is InChI=1S/C15H15FN2S/c1-4-15(2,3)17-9-13-10-19-14(18-13)11-5-7-12(16)8-6-11/h1,5-8,10,17H,9H2,2-3H3. The van der Waals surface area contributed by atoms with Crippen molar-refractivity contribution < 1.29 is 4.39 Å². The second-order valence-corrected chi connectivity index (χ2v) is 5.63. The highest BCUT2D eigenvalue weighted by Crippen LogP contribution is 2.24. The lowest BCUT2D eigenvalue weighted by atomic mass is 10.1. The van der Waals surface area contributed by atoms with Crippen molar-refractivity contribution >= 4 is 11.3 Å². The Morgan fingerprint density at radius 2 is 2.05 bits per heavy atom. The van der Waals surface area contributed by atoms with Gasteiger partial charge < -0.3 is 0 Å². The summed E-state index contributed by atoms with van der Waals surface area (Å²) in [6.45, 7) is 4.51. The lowest BCUT2D eigenvalue weighted by Crippen LogP contribution is -2.36. The zero-order valence-electron chi connectivity index (χ0n) is 10.9. The molecule has 1 aromatic carbocycles. The summed E-state index contributed by atoms with van der Waals surface area (Å²) in [5, 5.41) is 6.12. The number of nitrogens with one attached hydrogen (secondary N) is 1. The van der Waals surface area contributed by atoms with E-state index in [4.69, 9.17) is 6.42 Å². The Labute approximate surface area is 116 Å². The molecule has 2 aromatic rings. The van der Waals surface area contributed by atoms with Gasteiger partial charge in [-0.1, -0.05) is 5.92 Å². The van der Waals surface area contributed by atoms with Crippen LogP contribution in [0.3, 0.4) is 0 Å². The van der Waals surface area contributed by atoms with Crippen LogP contribution in [-0.4, -0.2) is 10.5 Å². The molecule has 1 N–H and O–H groups in total. The summed E-state index contributed by atoms with van der Waals surface area (Å²) in [6.07, 6.45) is 5.42. The number of terminal acetylenes is 1. The van der Waals surface area contributed by atoms with E-state index in [1.807, 2.05) is 19.2 Å². The summed E-state index contributed by atoms with van der Waals surface area (Å²) < 4.78 is 12.9. The molecule has 0 amide bonds. The number of nitrogens with zero attached hydrogens (tertiary/aromatic N) is 1. The van der Waals surface area contributed by atoms with E-state index in [9.17, 15) is 4.39 Å². The van der Waals surface area contributed by atoms with E-state index in [0.717, 1.165) is 16.3 Å². The Morgan fingerprint density at radius 3 is 2.68 bits per heavy atom. The molecule has 0 fully saturated rings. The van der Waals surface area contributed by atoms with E-state index in [1.54, 1.807) is 23.5 Å². The van der Waals surface area contributed by atoms with Gasteiger partial charge in [0.1, 0.15) is 10.8 Å². The summed E-state index contributed by atoms with van der Waals surface area (Å²) in [4.78, 5) is 4.51. The Kier molecular flexibility index (Phi) is 3.98. The van der Waals surface area contributed by atoms with Crippen LogP contribution in [0.15, 0.2) is 29.6 Å². The first kappa shape index (κ1) is 13.7. The van der Waals surface area contributed by atoms with Crippen LogP contribution in [0.2, 0.25) is 0 Å². The topological polar surface area (TPSA) is 24.9 Å². The SMILES string of the molecule is C#CC(C)(C)NCc1csc(-c2ccc(F)cc2)n1. The summed E-state index contributed by atoms with van der Waals surface area (Å²) in [5.41, 5.74) is 1.51. The first-order valence-corrected chi connectivity index (χ1v) is 6.81. The Balaban J connectivity index is 2.07. The van der Waals surface area contributed by atoms with E-state index in [0.29, 0.717) is 6.54 Å². The van der Waals surface area contributed by atoms with Gasteiger partial charge in [0.25, 0.3) is 0 Å². The molecule has 0 radical (unpaired) electrons. The van der Waals surface area contributed by atoms with Crippen molar-refractivity contribution in [2.45, 2.75) is 25.9 Å². The Morgan fingerprint density at radius 1 is 1.37 bits per heavy atom. The van der Waals surface area contributed by atoms with Crippen LogP contribution in [-0.2, 0) is 6.54 Å². The van der Waals surface area contributed by atoms with Crippen LogP contribution in [0.1, 0.15) is 19.5 Å². The lowest BCUT2D eigenvalue weighted by Gasteiger charge is -2.18. The summed E-state index contributed by atoms with van der Waals surface area (Å²) in [7, 11) is 0. The third kappa shape index (κ3) is 3.63. The van der Waals surface area contributed by atoms with E-state index in [-0.39, 0.29) is 11.4 Å². The Bertz CT molecular complexity index is 593. The number of halogens is 1. The van der Waals surface area contributed by atoms with Crippen molar-refractivity contribution in [1.82, 2.24) is 10.3 Å². The lowest BCUT2D eigenvalue weighted by molar-refractivity contribution is 0.487. The molecule has 2 rings (SSSR count). The number of thiazole rings is 1. The minimum atomic E-state index is -0.348. The number of hydrogen-bond donors (Lipinski definition) is 1. The van der Waals surface area contributed by atoms with Gasteiger partial charge in [0.2, 0.25) is 0 Å². The van der Waals surface area contributed by atoms with Crippen molar-refractivity contribution in [3.8, 4) is 22.9 Å². The molecular weight excluding hydrogens is 259 g/mol. The average Bonchev–Trinajstić information content (AvgIpc) is 2.86. The smallest absolute Gasteiger partial charge is 0.123 e. The molecule has 0 unspecified atom stereocenters. The molecule has 98 valence electrons. The van der Waals surface area contributed by atoms with Crippen molar-refractivity contribution in [3.63, 3.8) is 0 Å². The van der Waals surface area contributed by atoms with Crippen LogP contribution in [0, 0.1) is 18.2 Å². The number of benzene rings is 1. The summed E-state index contributed by atoms with van der Waals surface area (Å²) in [6, 6.07) is 6.35. The van der Waals surface area contributed by atoms with Gasteiger partial charge in [0.15, 0.2) is 0 Å². The second-order valence-electron chi connectivity index (χ2n) is 4.77. The highest BCUT2D eigenvalue weighted by atomic mass is 32.1. The fourth-order valence-corrected chi connectivity index (χ4v) is 2.30. The number of hydrogen-bond acceptors (Lipinski definition) is 3. The molecule has 0 atom stereocenters. The van der Waals surface area contributed by atoms with Gasteiger partial charge in [-0.05, 0) is 38.1 Å². The van der Waals surface area contributed by atoms with E-state index >= 15 is 0 Å². The van der Waals surface area contributed by atoms with Crippen LogP contribution >= 0.6 is 11.3 Å². The molecule has 0 aliphatic heterocycles. The quantitative estimate of drug-likeness (QED) is 0.864. The van der Waals surface area contributed by atoms with Gasteiger partial charge in [-0.25, -0.2) is 9.37 Å². The van der Waals surface area contributed by atoms with Gasteiger partial charge in [-0.2, -0.15) is 0 Å². The minimum Gasteiger partial charge on any atom is -0.296 e. The van der Waals surface area contributed by atoms with Gasteiger partial charge in [0, 0.05) is 17.5 Å². The largest absolute Gasteiger partial charge is 0.296 e. The minimum absolute atomic E-state index is 0.238. The van der Waals surface area contributed by atoms with E-state index in [1.165, 1.54) is 12.1 Å². The fraction of sp³-hybridized carbons (Fsp3) is 0.267. The molecule has 2 nitrogen and oxygen atoms in total. The third-order valence-electron chi connectivity index (χ3n) is 2.72. The maximum Gasteiger partial charge on any atom is 0.123 e. The highest BCUT2D eigenvalue weighted by Gasteiger charge is 2.13. The maximum atomic E-state index is 12.9. The summed E-state index contributed by atoms with van der Waals surface area (Å²) >= 11 is 1.54. The van der Waals surface area contributed by atoms with Crippen LogP contribution < -0.4 is 5.32 Å². The molecule has 0 saturated carbocycles. The molecule has 4 heteroatoms. The molecule has 0 spiro atoms. The molecule has 0 bridgehead atoms. The first-order valence-electron chi connectivity index (χ1n) is 5.93. The van der Waals surface area contributed by atoms with Gasteiger partial charge >= 0.3 is 0 Å². The third-order valence-corrected chi connectivity index (χ3v) is 3.66. The van der Waals surface area contributed by atoms with Crippen molar-refractivity contribution in [1.29, 1.82) is 0 Å². The van der Waals surface area contributed by atoms with Crippen molar-refractivity contribution in [3.05, 3.63) is 41.2 Å². The normalized spacial score (nSPS) is 11.3. The zero-order chi connectivity index (χ0) is 13.9. The van der Waals surface area contributed by atoms with Crippen LogP contribution in [0.4, 0.5) is 4.39 Å². The van der Waals surface area contributed by atoms with Gasteiger partial charge in [-0.15, -0.1) is 17.8 Å². The van der Waals surface area contributed by atoms with Gasteiger partial charge in [-0.3, -0.25) is 5.32 Å². The predicted molar refractivity (Wildman–Crippen MR) is 77.3 cm³/mol. The molecule has 1 heterocycles. The molecule has 0 saturated heterocycles. The summed E-state index contributed by atoms with van der Waals surface area (Å²) in [5.74, 6) is 2.44. The van der Waals surface area contributed by atoms with Crippen LogP contribution in [0.25, 0.3) is 10.6 Å². The predicted octanol–water partition coefficient (Wildman–Crippen LogP) is 3.45. The van der Waals surface area contributed by atoms with Crippen molar-refractivity contribution in [2.75, 3.05) is 0 Å².